The highest BCUT2D eigenvalue weighted by Crippen LogP contribution is 2.40. The molecule has 5 aromatic rings. The molecule has 0 aliphatic carbocycles. The van der Waals surface area contributed by atoms with Crippen molar-refractivity contribution in [2.75, 3.05) is 13.7 Å². The van der Waals surface area contributed by atoms with Crippen molar-refractivity contribution in [1.82, 2.24) is 4.57 Å². The van der Waals surface area contributed by atoms with Gasteiger partial charge in [-0.3, -0.25) is 10.1 Å². The van der Waals surface area contributed by atoms with Gasteiger partial charge in [0.05, 0.1) is 22.4 Å². The zero-order valence-corrected chi connectivity index (χ0v) is 28.0. The van der Waals surface area contributed by atoms with E-state index in [-0.39, 0.29) is 16.7 Å². The van der Waals surface area contributed by atoms with Crippen molar-refractivity contribution in [1.29, 1.82) is 0 Å². The number of methoxy groups -OCH3 is 1. The Balaban J connectivity index is 1.74. The second kappa shape index (κ2) is 14.8. The Labute approximate surface area is 275 Å². The summed E-state index contributed by atoms with van der Waals surface area (Å²) >= 11 is 0. The molecule has 9 nitrogen and oxygen atoms in total. The van der Waals surface area contributed by atoms with Gasteiger partial charge in [0.1, 0.15) is 17.6 Å². The molecule has 0 aliphatic heterocycles. The van der Waals surface area contributed by atoms with Gasteiger partial charge in [-0.1, -0.05) is 62.5 Å². The van der Waals surface area contributed by atoms with Crippen LogP contribution in [0.25, 0.3) is 32.6 Å². The fraction of sp³-hybridized carbons (Fsp3) is 0.368. The lowest BCUT2D eigenvalue weighted by Gasteiger charge is -2.18. The summed E-state index contributed by atoms with van der Waals surface area (Å²) in [4.78, 5) is 29.2. The van der Waals surface area contributed by atoms with E-state index in [1.165, 1.54) is 6.92 Å². The molecule has 0 N–H and O–H groups in total. The fourth-order valence-corrected chi connectivity index (χ4v) is 6.45. The summed E-state index contributed by atoms with van der Waals surface area (Å²) in [5, 5.41) is 19.8. The summed E-state index contributed by atoms with van der Waals surface area (Å²) in [6.45, 7) is 10.9. The van der Waals surface area contributed by atoms with E-state index in [2.05, 4.69) is 29.6 Å². The molecule has 0 aliphatic rings. The maximum absolute atomic E-state index is 12.3. The summed E-state index contributed by atoms with van der Waals surface area (Å²) in [5.74, 6) is 0.610. The predicted molar refractivity (Wildman–Crippen MR) is 187 cm³/mol. The number of unbranched alkanes of at least 4 members (excludes halogenated alkanes) is 1. The van der Waals surface area contributed by atoms with E-state index < -0.39 is 5.97 Å². The quantitative estimate of drug-likeness (QED) is 0.0520. The largest absolute Gasteiger partial charge is 0.488 e. The molecule has 47 heavy (non-hydrogen) atoms. The molecule has 9 heteroatoms. The molecule has 0 radical (unpaired) electrons. The zero-order valence-electron chi connectivity index (χ0n) is 28.0. The number of aryl methyl sites for hydroxylation is 1. The highest BCUT2D eigenvalue weighted by atomic mass is 16.7. The fourth-order valence-electron chi connectivity index (χ4n) is 6.45. The van der Waals surface area contributed by atoms with Crippen LogP contribution < -0.4 is 4.74 Å². The van der Waals surface area contributed by atoms with Crippen molar-refractivity contribution in [2.24, 2.45) is 11.1 Å². The molecule has 0 saturated heterocycles. The van der Waals surface area contributed by atoms with Crippen LogP contribution in [0.5, 0.6) is 5.75 Å². The van der Waals surface area contributed by atoms with Gasteiger partial charge in [-0.05, 0) is 68.1 Å². The van der Waals surface area contributed by atoms with Gasteiger partial charge in [0.15, 0.2) is 0 Å². The molecule has 4 aromatic carbocycles. The van der Waals surface area contributed by atoms with Gasteiger partial charge < -0.3 is 18.9 Å². The van der Waals surface area contributed by atoms with E-state index in [0.717, 1.165) is 76.1 Å². The number of carbonyl (C=O) groups is 1. The number of non-ortho nitro benzene ring substituents is 1. The van der Waals surface area contributed by atoms with Gasteiger partial charge in [0, 0.05) is 59.4 Å². The number of nitro groups is 1. The number of oxime groups is 1. The minimum absolute atomic E-state index is 0.0681. The first-order valence-corrected chi connectivity index (χ1v) is 16.3. The topological polar surface area (TPSA) is 105 Å². The number of hydrogen-bond acceptors (Lipinski definition) is 7. The maximum atomic E-state index is 12.3. The Hall–Kier alpha value is -4.76. The number of carbonyl (C=O) groups excluding carboxylic acids is 1. The highest BCUT2D eigenvalue weighted by Gasteiger charge is 2.23. The van der Waals surface area contributed by atoms with E-state index in [9.17, 15) is 14.9 Å². The Morgan fingerprint density at radius 3 is 2.43 bits per heavy atom. The highest BCUT2D eigenvalue weighted by molar-refractivity contribution is 6.22. The number of hydrogen-bond donors (Lipinski definition) is 0. The predicted octanol–water partition coefficient (Wildman–Crippen LogP) is 9.11. The molecule has 246 valence electrons. The third-order valence-electron chi connectivity index (χ3n) is 8.75. The van der Waals surface area contributed by atoms with Gasteiger partial charge >= 0.3 is 5.97 Å². The second-order valence-corrected chi connectivity index (χ2v) is 12.2. The SMILES string of the molecule is CCCCC(CC)Cn1c2ccc(/C(=N\OC(C)=O)c3ccc(OC(C)COC)cc3C)cc2c2cc([N+](=O)[O-])c3ccccc3c21. The molecule has 0 bridgehead atoms. The standard InChI is InChI=1S/C38H43N3O6/c1-7-9-12-27(8-2)22-40-35-18-15-28(20-33(35)34-21-36(41(43)44)31-13-10-11-14-32(31)38(34)40)37(39-47-26(5)42)30-17-16-29(19-24(30)3)46-25(4)23-45-6/h10-11,13-21,25,27H,7-9,12,22-23H2,1-6H3/b39-37+. The van der Waals surface area contributed by atoms with Gasteiger partial charge in [-0.2, -0.15) is 0 Å². The number of benzene rings is 4. The Bertz CT molecular complexity index is 1960. The average Bonchev–Trinajstić information content (AvgIpc) is 3.36. The molecule has 0 amide bonds. The Kier molecular flexibility index (Phi) is 10.6. The van der Waals surface area contributed by atoms with E-state index in [1.54, 1.807) is 13.2 Å². The number of ether oxygens (including phenoxy) is 2. The van der Waals surface area contributed by atoms with Crippen molar-refractivity contribution >= 4 is 49.9 Å². The molecule has 0 saturated carbocycles. The number of rotatable bonds is 14. The summed E-state index contributed by atoms with van der Waals surface area (Å²) in [7, 11) is 1.63. The van der Waals surface area contributed by atoms with Crippen LogP contribution in [0.3, 0.4) is 0 Å². The van der Waals surface area contributed by atoms with Crippen molar-refractivity contribution < 1.29 is 24.0 Å². The zero-order chi connectivity index (χ0) is 33.7. The second-order valence-electron chi connectivity index (χ2n) is 12.2. The molecule has 2 unspecified atom stereocenters. The van der Waals surface area contributed by atoms with Crippen molar-refractivity contribution in [3.8, 4) is 5.75 Å². The molecule has 1 aromatic heterocycles. The smallest absolute Gasteiger partial charge is 0.332 e. The third kappa shape index (κ3) is 7.15. The van der Waals surface area contributed by atoms with Crippen LogP contribution in [0.1, 0.15) is 70.1 Å². The van der Waals surface area contributed by atoms with Crippen LogP contribution >= 0.6 is 0 Å². The molecular weight excluding hydrogens is 594 g/mol. The van der Waals surface area contributed by atoms with E-state index >= 15 is 0 Å². The van der Waals surface area contributed by atoms with Crippen LogP contribution in [0.2, 0.25) is 0 Å². The first-order chi connectivity index (χ1) is 22.7. The lowest BCUT2D eigenvalue weighted by Crippen LogP contribution is -2.18. The van der Waals surface area contributed by atoms with E-state index in [0.29, 0.717) is 29.4 Å². The molecule has 0 fully saturated rings. The average molecular weight is 638 g/mol. The van der Waals surface area contributed by atoms with Gasteiger partial charge in [0.2, 0.25) is 0 Å². The Morgan fingerprint density at radius 2 is 1.77 bits per heavy atom. The molecule has 5 rings (SSSR count). The number of nitro benzene ring substituents is 1. The summed E-state index contributed by atoms with van der Waals surface area (Å²) < 4.78 is 13.5. The van der Waals surface area contributed by atoms with E-state index in [4.69, 9.17) is 14.3 Å². The Morgan fingerprint density at radius 1 is 1.00 bits per heavy atom. The number of fused-ring (bicyclic) bond motifs is 5. The third-order valence-corrected chi connectivity index (χ3v) is 8.75. The van der Waals surface area contributed by atoms with Gasteiger partial charge in [-0.25, -0.2) is 4.79 Å². The summed E-state index contributed by atoms with van der Waals surface area (Å²) in [5.41, 5.74) is 4.88. The normalized spacial score (nSPS) is 13.3. The maximum Gasteiger partial charge on any atom is 0.332 e. The first kappa shape index (κ1) is 33.6. The van der Waals surface area contributed by atoms with Crippen molar-refractivity contribution in [2.45, 2.75) is 73.0 Å². The lowest BCUT2D eigenvalue weighted by atomic mass is 9.96. The molecular formula is C38H43N3O6. The van der Waals surface area contributed by atoms with Crippen molar-refractivity contribution in [3.05, 3.63) is 93.5 Å². The van der Waals surface area contributed by atoms with Crippen LogP contribution in [0, 0.1) is 23.0 Å². The summed E-state index contributed by atoms with van der Waals surface area (Å²) in [6, 6.07) is 21.0. The first-order valence-electron chi connectivity index (χ1n) is 16.3. The van der Waals surface area contributed by atoms with E-state index in [1.807, 2.05) is 68.4 Å². The van der Waals surface area contributed by atoms with Crippen LogP contribution in [-0.4, -0.2) is 41.0 Å². The number of aromatic nitrogens is 1. The van der Waals surface area contributed by atoms with Crippen LogP contribution in [-0.2, 0) is 20.9 Å². The monoisotopic (exact) mass is 637 g/mol. The van der Waals surface area contributed by atoms with Gasteiger partial charge in [-0.15, -0.1) is 0 Å². The molecule has 1 heterocycles. The minimum Gasteiger partial charge on any atom is -0.488 e. The molecule has 2 atom stereocenters. The van der Waals surface area contributed by atoms with Crippen LogP contribution in [0.4, 0.5) is 5.69 Å². The lowest BCUT2D eigenvalue weighted by molar-refractivity contribution is -0.382. The van der Waals surface area contributed by atoms with Gasteiger partial charge in [0.25, 0.3) is 5.69 Å². The minimum atomic E-state index is -0.536. The van der Waals surface area contributed by atoms with Crippen molar-refractivity contribution in [3.63, 3.8) is 0 Å². The summed E-state index contributed by atoms with van der Waals surface area (Å²) in [6.07, 6.45) is 4.29. The number of nitrogens with zero attached hydrogens (tertiary/aromatic N) is 3. The van der Waals surface area contributed by atoms with Crippen LogP contribution in [0.15, 0.2) is 71.9 Å². The molecule has 0 spiro atoms.